The molecule has 1 heterocycles. The van der Waals surface area contributed by atoms with Crippen molar-refractivity contribution in [3.63, 3.8) is 0 Å². The number of benzene rings is 2. The van der Waals surface area contributed by atoms with Gasteiger partial charge in [0.25, 0.3) is 0 Å². The highest BCUT2D eigenvalue weighted by atomic mass is 16.5. The molecular formula is C22H27N3O3. The van der Waals surface area contributed by atoms with Gasteiger partial charge in [-0.1, -0.05) is 60.7 Å². The Morgan fingerprint density at radius 1 is 0.893 bits per heavy atom. The predicted octanol–water partition coefficient (Wildman–Crippen LogP) is 1.38. The van der Waals surface area contributed by atoms with Gasteiger partial charge < -0.3 is 15.4 Å². The molecule has 1 aliphatic rings. The first kappa shape index (κ1) is 20.0. The van der Waals surface area contributed by atoms with E-state index in [2.05, 4.69) is 15.5 Å². The van der Waals surface area contributed by atoms with Crippen LogP contribution in [0.4, 0.5) is 0 Å². The van der Waals surface area contributed by atoms with E-state index in [9.17, 15) is 9.59 Å². The van der Waals surface area contributed by atoms with Crippen LogP contribution in [0, 0.1) is 0 Å². The minimum Gasteiger partial charge on any atom is -0.379 e. The molecule has 0 radical (unpaired) electrons. The summed E-state index contributed by atoms with van der Waals surface area (Å²) in [4.78, 5) is 27.2. The Morgan fingerprint density at radius 2 is 1.46 bits per heavy atom. The molecule has 148 valence electrons. The van der Waals surface area contributed by atoms with Gasteiger partial charge in [0.1, 0.15) is 0 Å². The number of morpholine rings is 1. The summed E-state index contributed by atoms with van der Waals surface area (Å²) in [5, 5.41) is 5.65. The molecule has 6 nitrogen and oxygen atoms in total. The van der Waals surface area contributed by atoms with Crippen molar-refractivity contribution in [3.05, 3.63) is 71.8 Å². The molecule has 2 aromatic carbocycles. The lowest BCUT2D eigenvalue weighted by Crippen LogP contribution is -2.44. The fourth-order valence-corrected chi connectivity index (χ4v) is 3.30. The molecule has 3 rings (SSSR count). The Bertz CT molecular complexity index is 707. The zero-order chi connectivity index (χ0) is 19.6. The number of carbonyl (C=O) groups excluding carboxylic acids is 2. The number of nitrogens with one attached hydrogen (secondary N) is 2. The molecule has 28 heavy (non-hydrogen) atoms. The monoisotopic (exact) mass is 381 g/mol. The molecule has 0 atom stereocenters. The van der Waals surface area contributed by atoms with Crippen molar-refractivity contribution in [1.29, 1.82) is 0 Å². The lowest BCUT2D eigenvalue weighted by molar-refractivity contribution is -0.126. The van der Waals surface area contributed by atoms with Crippen LogP contribution in [0.15, 0.2) is 60.7 Å². The van der Waals surface area contributed by atoms with Gasteiger partial charge in [-0.05, 0) is 11.1 Å². The van der Waals surface area contributed by atoms with Crippen molar-refractivity contribution in [2.24, 2.45) is 0 Å². The number of ether oxygens (including phenoxy) is 1. The average molecular weight is 381 g/mol. The standard InChI is InChI=1S/C22H27N3O3/c26-20(23-11-12-25-13-15-28-16-14-25)17-24-22(27)21(18-7-3-1-4-8-18)19-9-5-2-6-10-19/h1-10,21H,11-17H2,(H,23,26)(H,24,27). The van der Waals surface area contributed by atoms with E-state index in [1.807, 2.05) is 60.7 Å². The van der Waals surface area contributed by atoms with Crippen LogP contribution in [0.1, 0.15) is 17.0 Å². The summed E-state index contributed by atoms with van der Waals surface area (Å²) in [7, 11) is 0. The maximum atomic E-state index is 12.9. The number of nitrogens with zero attached hydrogens (tertiary/aromatic N) is 1. The lowest BCUT2D eigenvalue weighted by atomic mass is 9.90. The fourth-order valence-electron chi connectivity index (χ4n) is 3.30. The van der Waals surface area contributed by atoms with Gasteiger partial charge in [-0.3, -0.25) is 14.5 Å². The Labute approximate surface area is 165 Å². The Morgan fingerprint density at radius 3 is 2.04 bits per heavy atom. The van der Waals surface area contributed by atoms with Crippen molar-refractivity contribution >= 4 is 11.8 Å². The third-order valence-electron chi connectivity index (χ3n) is 4.81. The van der Waals surface area contributed by atoms with E-state index in [1.165, 1.54) is 0 Å². The van der Waals surface area contributed by atoms with E-state index in [0.717, 1.165) is 44.0 Å². The largest absolute Gasteiger partial charge is 0.379 e. The van der Waals surface area contributed by atoms with Crippen LogP contribution in [0.5, 0.6) is 0 Å². The van der Waals surface area contributed by atoms with Gasteiger partial charge in [0, 0.05) is 26.2 Å². The Hall–Kier alpha value is -2.70. The zero-order valence-electron chi connectivity index (χ0n) is 16.0. The van der Waals surface area contributed by atoms with Crippen molar-refractivity contribution < 1.29 is 14.3 Å². The molecule has 1 aliphatic heterocycles. The molecule has 6 heteroatoms. The van der Waals surface area contributed by atoms with Crippen LogP contribution in [-0.2, 0) is 14.3 Å². The summed E-state index contributed by atoms with van der Waals surface area (Å²) in [6.45, 7) is 4.59. The normalized spacial score (nSPS) is 14.6. The first-order chi connectivity index (χ1) is 13.7. The second kappa shape index (κ2) is 10.6. The van der Waals surface area contributed by atoms with E-state index < -0.39 is 5.92 Å². The van der Waals surface area contributed by atoms with Gasteiger partial charge in [0.15, 0.2) is 0 Å². The third kappa shape index (κ3) is 5.90. The molecule has 2 amide bonds. The minimum atomic E-state index is -0.441. The molecule has 0 bridgehead atoms. The average Bonchev–Trinajstić information content (AvgIpc) is 2.75. The van der Waals surface area contributed by atoms with E-state index in [0.29, 0.717) is 6.54 Å². The van der Waals surface area contributed by atoms with E-state index >= 15 is 0 Å². The molecule has 1 saturated heterocycles. The van der Waals surface area contributed by atoms with Gasteiger partial charge >= 0.3 is 0 Å². The Kier molecular flexibility index (Phi) is 7.58. The number of hydrogen-bond acceptors (Lipinski definition) is 4. The second-order valence-electron chi connectivity index (χ2n) is 6.78. The van der Waals surface area contributed by atoms with E-state index in [-0.39, 0.29) is 18.4 Å². The zero-order valence-corrected chi connectivity index (χ0v) is 16.0. The lowest BCUT2D eigenvalue weighted by Gasteiger charge is -2.26. The summed E-state index contributed by atoms with van der Waals surface area (Å²) in [5.41, 5.74) is 1.80. The summed E-state index contributed by atoms with van der Waals surface area (Å²) in [6, 6.07) is 19.2. The van der Waals surface area contributed by atoms with Crippen molar-refractivity contribution in [2.75, 3.05) is 45.9 Å². The van der Waals surface area contributed by atoms with Crippen LogP contribution in [-0.4, -0.2) is 62.7 Å². The van der Waals surface area contributed by atoms with Gasteiger partial charge in [0.05, 0.1) is 25.7 Å². The topological polar surface area (TPSA) is 70.7 Å². The van der Waals surface area contributed by atoms with E-state index in [1.54, 1.807) is 0 Å². The SMILES string of the molecule is O=C(CNC(=O)C(c1ccccc1)c1ccccc1)NCCN1CCOCC1. The molecule has 0 unspecified atom stereocenters. The highest BCUT2D eigenvalue weighted by Gasteiger charge is 2.22. The first-order valence-electron chi connectivity index (χ1n) is 9.68. The van der Waals surface area contributed by atoms with Gasteiger partial charge in [0.2, 0.25) is 11.8 Å². The van der Waals surface area contributed by atoms with Crippen molar-refractivity contribution in [2.45, 2.75) is 5.92 Å². The van der Waals surface area contributed by atoms with Crippen LogP contribution < -0.4 is 10.6 Å². The quantitative estimate of drug-likeness (QED) is 0.725. The number of rotatable bonds is 8. The Balaban J connectivity index is 1.51. The summed E-state index contributed by atoms with van der Waals surface area (Å²) in [5.74, 6) is -0.800. The van der Waals surface area contributed by atoms with Crippen LogP contribution in [0.2, 0.25) is 0 Å². The van der Waals surface area contributed by atoms with E-state index in [4.69, 9.17) is 4.74 Å². The van der Waals surface area contributed by atoms with Gasteiger partial charge in [-0.25, -0.2) is 0 Å². The van der Waals surface area contributed by atoms with Gasteiger partial charge in [-0.2, -0.15) is 0 Å². The summed E-state index contributed by atoms with van der Waals surface area (Å²) >= 11 is 0. The van der Waals surface area contributed by atoms with Crippen LogP contribution >= 0.6 is 0 Å². The molecular weight excluding hydrogens is 354 g/mol. The maximum absolute atomic E-state index is 12.9. The van der Waals surface area contributed by atoms with Crippen molar-refractivity contribution in [3.8, 4) is 0 Å². The summed E-state index contributed by atoms with van der Waals surface area (Å²) in [6.07, 6.45) is 0. The molecule has 0 spiro atoms. The molecule has 0 aromatic heterocycles. The number of amides is 2. The second-order valence-corrected chi connectivity index (χ2v) is 6.78. The predicted molar refractivity (Wildman–Crippen MR) is 108 cm³/mol. The highest BCUT2D eigenvalue weighted by Crippen LogP contribution is 2.24. The maximum Gasteiger partial charge on any atom is 0.239 e. The van der Waals surface area contributed by atoms with Crippen LogP contribution in [0.25, 0.3) is 0 Å². The third-order valence-corrected chi connectivity index (χ3v) is 4.81. The molecule has 2 aromatic rings. The molecule has 0 saturated carbocycles. The number of carbonyl (C=O) groups is 2. The number of hydrogen-bond donors (Lipinski definition) is 2. The van der Waals surface area contributed by atoms with Crippen molar-refractivity contribution in [1.82, 2.24) is 15.5 Å². The first-order valence-corrected chi connectivity index (χ1v) is 9.68. The minimum absolute atomic E-state index is 0.0297. The van der Waals surface area contributed by atoms with Crippen LogP contribution in [0.3, 0.4) is 0 Å². The highest BCUT2D eigenvalue weighted by molar-refractivity contribution is 5.90. The molecule has 2 N–H and O–H groups in total. The summed E-state index contributed by atoms with van der Waals surface area (Å²) < 4.78 is 5.31. The fraction of sp³-hybridized carbons (Fsp3) is 0.364. The smallest absolute Gasteiger partial charge is 0.239 e. The molecule has 0 aliphatic carbocycles. The molecule has 1 fully saturated rings. The van der Waals surface area contributed by atoms with Gasteiger partial charge in [-0.15, -0.1) is 0 Å².